The van der Waals surface area contributed by atoms with Gasteiger partial charge >= 0.3 is 0 Å². The van der Waals surface area contributed by atoms with E-state index in [1.54, 1.807) is 6.92 Å². The third-order valence-electron chi connectivity index (χ3n) is 3.15. The molecular formula is C11H15Cl2N3O4S. The van der Waals surface area contributed by atoms with Crippen LogP contribution in [0.4, 0.5) is 5.69 Å². The zero-order valence-corrected chi connectivity index (χ0v) is 13.5. The second-order valence-electron chi connectivity index (χ2n) is 4.54. The van der Waals surface area contributed by atoms with Crippen molar-refractivity contribution in [1.29, 1.82) is 0 Å². The van der Waals surface area contributed by atoms with Crippen molar-refractivity contribution in [3.05, 3.63) is 33.3 Å². The van der Waals surface area contributed by atoms with Crippen LogP contribution in [0.25, 0.3) is 0 Å². The van der Waals surface area contributed by atoms with Crippen molar-refractivity contribution in [2.45, 2.75) is 17.9 Å². The average molecular weight is 356 g/mol. The SMILES string of the molecule is C[C@H]1CNCCN1S(=O)(=O)c1ccc([N+](=O)[O-])cc1Cl.Cl. The molecule has 10 heteroatoms. The number of nitro benzene ring substituents is 1. The minimum absolute atomic E-state index is 0. The van der Waals surface area contributed by atoms with Crippen molar-refractivity contribution in [1.82, 2.24) is 9.62 Å². The van der Waals surface area contributed by atoms with Gasteiger partial charge < -0.3 is 5.32 Å². The van der Waals surface area contributed by atoms with E-state index in [0.29, 0.717) is 19.6 Å². The fourth-order valence-corrected chi connectivity index (χ4v) is 4.26. The largest absolute Gasteiger partial charge is 0.314 e. The Morgan fingerprint density at radius 3 is 2.67 bits per heavy atom. The molecule has 1 aromatic rings. The first kappa shape index (κ1) is 18.1. The first-order valence-corrected chi connectivity index (χ1v) is 7.82. The van der Waals surface area contributed by atoms with Gasteiger partial charge in [-0.05, 0) is 13.0 Å². The van der Waals surface area contributed by atoms with Crippen LogP contribution in [0.2, 0.25) is 5.02 Å². The van der Waals surface area contributed by atoms with E-state index in [4.69, 9.17) is 11.6 Å². The van der Waals surface area contributed by atoms with E-state index < -0.39 is 14.9 Å². The zero-order chi connectivity index (χ0) is 14.9. The van der Waals surface area contributed by atoms with Crippen LogP contribution < -0.4 is 5.32 Å². The Kier molecular flexibility index (Phi) is 5.94. The summed E-state index contributed by atoms with van der Waals surface area (Å²) < 4.78 is 26.4. The Labute approximate surface area is 133 Å². The van der Waals surface area contributed by atoms with Crippen LogP contribution in [-0.2, 0) is 10.0 Å². The summed E-state index contributed by atoms with van der Waals surface area (Å²) in [6.07, 6.45) is 0. The number of benzene rings is 1. The molecule has 1 saturated heterocycles. The van der Waals surface area contributed by atoms with Crippen LogP contribution in [0, 0.1) is 10.1 Å². The number of nitrogens with one attached hydrogen (secondary N) is 1. The highest BCUT2D eigenvalue weighted by Gasteiger charge is 2.32. The summed E-state index contributed by atoms with van der Waals surface area (Å²) in [5, 5.41) is 13.6. The second kappa shape index (κ2) is 6.89. The van der Waals surface area contributed by atoms with Gasteiger partial charge in [0.1, 0.15) is 4.90 Å². The number of piperazine rings is 1. The van der Waals surface area contributed by atoms with E-state index in [0.717, 1.165) is 12.1 Å². The topological polar surface area (TPSA) is 92.6 Å². The summed E-state index contributed by atoms with van der Waals surface area (Å²) in [5.41, 5.74) is -0.234. The number of sulfonamides is 1. The molecule has 1 aliphatic heterocycles. The molecule has 0 saturated carbocycles. The van der Waals surface area contributed by atoms with Gasteiger partial charge in [0.05, 0.1) is 9.95 Å². The maximum Gasteiger partial charge on any atom is 0.271 e. The average Bonchev–Trinajstić information content (AvgIpc) is 2.38. The lowest BCUT2D eigenvalue weighted by molar-refractivity contribution is -0.384. The normalized spacial score (nSPS) is 19.8. The van der Waals surface area contributed by atoms with Crippen molar-refractivity contribution in [2.75, 3.05) is 19.6 Å². The van der Waals surface area contributed by atoms with E-state index in [1.807, 2.05) is 0 Å². The summed E-state index contributed by atoms with van der Waals surface area (Å²) in [7, 11) is -3.75. The lowest BCUT2D eigenvalue weighted by Gasteiger charge is -2.33. The number of nitro groups is 1. The van der Waals surface area contributed by atoms with Gasteiger partial charge in [-0.25, -0.2) is 8.42 Å². The molecular weight excluding hydrogens is 341 g/mol. The van der Waals surface area contributed by atoms with E-state index in [2.05, 4.69) is 5.32 Å². The van der Waals surface area contributed by atoms with Crippen LogP contribution >= 0.6 is 24.0 Å². The lowest BCUT2D eigenvalue weighted by Crippen LogP contribution is -2.52. The molecule has 21 heavy (non-hydrogen) atoms. The third kappa shape index (κ3) is 3.64. The molecule has 0 aliphatic carbocycles. The summed E-state index contributed by atoms with van der Waals surface area (Å²) in [6.45, 7) is 3.26. The molecule has 1 aliphatic rings. The number of hydrogen-bond donors (Lipinski definition) is 1. The molecule has 7 nitrogen and oxygen atoms in total. The molecule has 1 heterocycles. The highest BCUT2D eigenvalue weighted by molar-refractivity contribution is 7.89. The molecule has 0 unspecified atom stereocenters. The Hall–Kier alpha value is -0.930. The molecule has 2 rings (SSSR count). The Morgan fingerprint density at radius 2 is 2.14 bits per heavy atom. The Bertz CT molecular complexity index is 638. The second-order valence-corrected chi connectivity index (χ2v) is 6.81. The molecule has 0 bridgehead atoms. The van der Waals surface area contributed by atoms with E-state index in [-0.39, 0.29) is 34.1 Å². The number of nitrogens with zero attached hydrogens (tertiary/aromatic N) is 2. The number of halogens is 2. The molecule has 118 valence electrons. The van der Waals surface area contributed by atoms with Crippen molar-refractivity contribution >= 4 is 39.7 Å². The summed E-state index contributed by atoms with van der Waals surface area (Å²) in [4.78, 5) is 9.93. The molecule has 0 amide bonds. The van der Waals surface area contributed by atoms with Gasteiger partial charge in [0.15, 0.2) is 0 Å². The van der Waals surface area contributed by atoms with E-state index >= 15 is 0 Å². The molecule has 1 N–H and O–H groups in total. The first-order chi connectivity index (χ1) is 9.34. The van der Waals surface area contributed by atoms with Crippen LogP contribution in [0.1, 0.15) is 6.92 Å². The van der Waals surface area contributed by atoms with Crippen LogP contribution in [0.15, 0.2) is 23.1 Å². The maximum atomic E-state index is 12.5. The van der Waals surface area contributed by atoms with Gasteiger partial charge in [-0.2, -0.15) is 4.31 Å². The molecule has 0 radical (unpaired) electrons. The standard InChI is InChI=1S/C11H14ClN3O4S.ClH/c1-8-7-13-4-5-14(8)20(18,19)11-3-2-9(15(16)17)6-10(11)12;/h2-3,6,8,13H,4-5,7H2,1H3;1H/t8-;/m0./s1. The predicted octanol–water partition coefficient (Wildman–Crippen LogP) is 1.65. The fourth-order valence-electron chi connectivity index (χ4n) is 2.12. The zero-order valence-electron chi connectivity index (χ0n) is 11.2. The smallest absolute Gasteiger partial charge is 0.271 e. The quantitative estimate of drug-likeness (QED) is 0.657. The third-order valence-corrected chi connectivity index (χ3v) is 5.65. The highest BCUT2D eigenvalue weighted by atomic mass is 35.5. The molecule has 1 aromatic carbocycles. The number of non-ortho nitro benzene ring substituents is 1. The highest BCUT2D eigenvalue weighted by Crippen LogP contribution is 2.29. The van der Waals surface area contributed by atoms with Gasteiger partial charge in [-0.15, -0.1) is 12.4 Å². The minimum Gasteiger partial charge on any atom is -0.314 e. The molecule has 0 spiro atoms. The lowest BCUT2D eigenvalue weighted by atomic mass is 10.3. The predicted molar refractivity (Wildman–Crippen MR) is 81.6 cm³/mol. The number of hydrogen-bond acceptors (Lipinski definition) is 5. The van der Waals surface area contributed by atoms with Crippen molar-refractivity contribution < 1.29 is 13.3 Å². The van der Waals surface area contributed by atoms with E-state index in [1.165, 1.54) is 10.4 Å². The maximum absolute atomic E-state index is 12.5. The van der Waals surface area contributed by atoms with Gasteiger partial charge in [0.25, 0.3) is 5.69 Å². The van der Waals surface area contributed by atoms with Gasteiger partial charge in [-0.1, -0.05) is 11.6 Å². The summed E-state index contributed by atoms with van der Waals surface area (Å²) >= 11 is 5.90. The molecule has 1 atom stereocenters. The molecule has 0 aromatic heterocycles. The number of rotatable bonds is 3. The summed E-state index contributed by atoms with van der Waals surface area (Å²) in [6, 6.07) is 3.19. The van der Waals surface area contributed by atoms with Crippen LogP contribution in [-0.4, -0.2) is 43.3 Å². The summed E-state index contributed by atoms with van der Waals surface area (Å²) in [5.74, 6) is 0. The van der Waals surface area contributed by atoms with Crippen molar-refractivity contribution in [3.8, 4) is 0 Å². The Morgan fingerprint density at radius 1 is 1.48 bits per heavy atom. The van der Waals surface area contributed by atoms with Gasteiger partial charge in [0, 0.05) is 37.8 Å². The minimum atomic E-state index is -3.75. The van der Waals surface area contributed by atoms with Gasteiger partial charge in [-0.3, -0.25) is 10.1 Å². The fraction of sp³-hybridized carbons (Fsp3) is 0.455. The van der Waals surface area contributed by atoms with Crippen LogP contribution in [0.5, 0.6) is 0 Å². The monoisotopic (exact) mass is 355 g/mol. The van der Waals surface area contributed by atoms with Gasteiger partial charge in [0.2, 0.25) is 10.0 Å². The van der Waals surface area contributed by atoms with Crippen molar-refractivity contribution in [2.24, 2.45) is 0 Å². The van der Waals surface area contributed by atoms with E-state index in [9.17, 15) is 18.5 Å². The van der Waals surface area contributed by atoms with Crippen molar-refractivity contribution in [3.63, 3.8) is 0 Å². The van der Waals surface area contributed by atoms with Crippen LogP contribution in [0.3, 0.4) is 0 Å². The first-order valence-electron chi connectivity index (χ1n) is 6.00. The molecule has 1 fully saturated rings. The Balaban J connectivity index is 0.00000220.